The van der Waals surface area contributed by atoms with E-state index < -0.39 is 17.5 Å². The number of rotatable bonds is 7. The first-order valence-electron chi connectivity index (χ1n) is 7.56. The van der Waals surface area contributed by atoms with E-state index >= 15 is 0 Å². The minimum Gasteiger partial charge on any atom is -0.350 e. The summed E-state index contributed by atoms with van der Waals surface area (Å²) in [6.07, 6.45) is 0. The number of likely N-dealkylation sites (N-methyl/N-ethyl adjacent to an activating group) is 1. The van der Waals surface area contributed by atoms with Crippen molar-refractivity contribution in [2.75, 3.05) is 19.6 Å². The monoisotopic (exact) mass is 338 g/mol. The molecule has 0 radical (unpaired) electrons. The van der Waals surface area contributed by atoms with Crippen LogP contribution in [0.15, 0.2) is 35.0 Å². The molecule has 1 aromatic carbocycles. The molecule has 2 rings (SSSR count). The highest BCUT2D eigenvalue weighted by Crippen LogP contribution is 2.22. The Kier molecular flexibility index (Phi) is 6.24. The van der Waals surface area contributed by atoms with Gasteiger partial charge in [0.05, 0.1) is 6.04 Å². The van der Waals surface area contributed by atoms with E-state index in [1.807, 2.05) is 11.4 Å². The lowest BCUT2D eigenvalue weighted by molar-refractivity contribution is 0.0934. The summed E-state index contributed by atoms with van der Waals surface area (Å²) in [6, 6.07) is 5.26. The van der Waals surface area contributed by atoms with Gasteiger partial charge >= 0.3 is 0 Å². The third-order valence-electron chi connectivity index (χ3n) is 3.82. The maximum Gasteiger partial charge on any atom is 0.251 e. The number of hydrogen-bond donors (Lipinski definition) is 1. The molecule has 1 amide bonds. The van der Waals surface area contributed by atoms with Crippen LogP contribution >= 0.6 is 11.3 Å². The first kappa shape index (κ1) is 17.6. The van der Waals surface area contributed by atoms with Crippen LogP contribution < -0.4 is 5.32 Å². The first-order valence-corrected chi connectivity index (χ1v) is 8.50. The molecule has 0 saturated carbocycles. The standard InChI is InChI=1S/C17H20F2N2OS/c1-3-21(4-2)16(13-7-8-23-11-13)10-20-17(22)12-5-6-14(18)15(19)9-12/h5-9,11,16H,3-4,10H2,1-2H3,(H,20,22)/t16-/m1/s1. The minimum atomic E-state index is -1.02. The summed E-state index contributed by atoms with van der Waals surface area (Å²) in [5, 5.41) is 6.88. The molecule has 0 unspecified atom stereocenters. The predicted molar refractivity (Wildman–Crippen MR) is 88.7 cm³/mol. The molecule has 6 heteroatoms. The Hall–Kier alpha value is -1.79. The van der Waals surface area contributed by atoms with Crippen molar-refractivity contribution in [2.24, 2.45) is 0 Å². The number of amides is 1. The van der Waals surface area contributed by atoms with Crippen molar-refractivity contribution in [3.8, 4) is 0 Å². The van der Waals surface area contributed by atoms with Gasteiger partial charge in [-0.3, -0.25) is 9.69 Å². The van der Waals surface area contributed by atoms with Crippen molar-refractivity contribution in [2.45, 2.75) is 19.9 Å². The second-order valence-corrected chi connectivity index (χ2v) is 5.91. The lowest BCUT2D eigenvalue weighted by atomic mass is 10.1. The van der Waals surface area contributed by atoms with E-state index in [4.69, 9.17) is 0 Å². The summed E-state index contributed by atoms with van der Waals surface area (Å²) in [5.74, 6) is -2.38. The smallest absolute Gasteiger partial charge is 0.251 e. The van der Waals surface area contributed by atoms with Gasteiger partial charge in [0.25, 0.3) is 5.91 Å². The van der Waals surface area contributed by atoms with Gasteiger partial charge in [-0.05, 0) is 53.7 Å². The molecular formula is C17H20F2N2OS. The Morgan fingerprint density at radius 2 is 1.96 bits per heavy atom. The number of carbonyl (C=O) groups is 1. The highest BCUT2D eigenvalue weighted by atomic mass is 32.1. The van der Waals surface area contributed by atoms with Crippen LogP contribution in [0.3, 0.4) is 0 Å². The summed E-state index contributed by atoms with van der Waals surface area (Å²) >= 11 is 1.61. The largest absolute Gasteiger partial charge is 0.350 e. The van der Waals surface area contributed by atoms with Crippen LogP contribution in [0.2, 0.25) is 0 Å². The van der Waals surface area contributed by atoms with Gasteiger partial charge in [0, 0.05) is 12.1 Å². The molecular weight excluding hydrogens is 318 g/mol. The number of halogens is 2. The van der Waals surface area contributed by atoms with Crippen LogP contribution in [-0.4, -0.2) is 30.4 Å². The fourth-order valence-electron chi connectivity index (χ4n) is 2.52. The minimum absolute atomic E-state index is 0.0606. The van der Waals surface area contributed by atoms with Crippen LogP contribution in [-0.2, 0) is 0 Å². The molecule has 1 N–H and O–H groups in total. The number of thiophene rings is 1. The molecule has 3 nitrogen and oxygen atoms in total. The van der Waals surface area contributed by atoms with Crippen molar-refractivity contribution < 1.29 is 13.6 Å². The Bertz CT molecular complexity index is 642. The zero-order valence-corrected chi connectivity index (χ0v) is 14.0. The lowest BCUT2D eigenvalue weighted by Gasteiger charge is -2.29. The van der Waals surface area contributed by atoms with Crippen LogP contribution in [0.4, 0.5) is 8.78 Å². The molecule has 0 aliphatic rings. The lowest BCUT2D eigenvalue weighted by Crippen LogP contribution is -2.37. The Labute approximate surface area is 138 Å². The Balaban J connectivity index is 2.08. The summed E-state index contributed by atoms with van der Waals surface area (Å²) in [7, 11) is 0. The number of carbonyl (C=O) groups excluding carboxylic acids is 1. The van der Waals surface area contributed by atoms with E-state index in [0.29, 0.717) is 6.54 Å². The maximum atomic E-state index is 13.2. The van der Waals surface area contributed by atoms with Crippen LogP contribution in [0.25, 0.3) is 0 Å². The molecule has 0 saturated heterocycles. The molecule has 1 aromatic heterocycles. The van der Waals surface area contributed by atoms with Gasteiger partial charge in [0.2, 0.25) is 0 Å². The van der Waals surface area contributed by atoms with E-state index in [9.17, 15) is 13.6 Å². The molecule has 1 atom stereocenters. The van der Waals surface area contributed by atoms with Crippen LogP contribution in [0.1, 0.15) is 35.8 Å². The Morgan fingerprint density at radius 1 is 1.22 bits per heavy atom. The molecule has 0 bridgehead atoms. The van der Waals surface area contributed by atoms with Crippen LogP contribution in [0.5, 0.6) is 0 Å². The van der Waals surface area contributed by atoms with Gasteiger partial charge in [-0.15, -0.1) is 0 Å². The highest BCUT2D eigenvalue weighted by Gasteiger charge is 2.20. The molecule has 0 aliphatic carbocycles. The molecule has 0 aliphatic heterocycles. The van der Waals surface area contributed by atoms with Gasteiger partial charge in [-0.2, -0.15) is 11.3 Å². The van der Waals surface area contributed by atoms with E-state index in [1.54, 1.807) is 11.3 Å². The summed E-state index contributed by atoms with van der Waals surface area (Å²) in [5.41, 5.74) is 1.26. The quantitative estimate of drug-likeness (QED) is 0.832. The van der Waals surface area contributed by atoms with E-state index in [0.717, 1.165) is 30.8 Å². The average molecular weight is 338 g/mol. The molecule has 124 valence electrons. The van der Waals surface area contributed by atoms with Gasteiger partial charge in [0.15, 0.2) is 11.6 Å². The highest BCUT2D eigenvalue weighted by molar-refractivity contribution is 7.07. The normalized spacial score (nSPS) is 12.4. The molecule has 23 heavy (non-hydrogen) atoms. The van der Waals surface area contributed by atoms with Crippen molar-refractivity contribution in [1.29, 1.82) is 0 Å². The third kappa shape index (κ3) is 4.36. The van der Waals surface area contributed by atoms with E-state index in [2.05, 4.69) is 29.4 Å². The third-order valence-corrected chi connectivity index (χ3v) is 4.52. The zero-order valence-electron chi connectivity index (χ0n) is 13.2. The van der Waals surface area contributed by atoms with Gasteiger partial charge in [-0.25, -0.2) is 8.78 Å². The number of nitrogens with zero attached hydrogens (tertiary/aromatic N) is 1. The van der Waals surface area contributed by atoms with Gasteiger partial charge < -0.3 is 5.32 Å². The number of benzene rings is 1. The number of nitrogens with one attached hydrogen (secondary N) is 1. The van der Waals surface area contributed by atoms with Gasteiger partial charge in [-0.1, -0.05) is 13.8 Å². The topological polar surface area (TPSA) is 32.3 Å². The van der Waals surface area contributed by atoms with E-state index in [-0.39, 0.29) is 11.6 Å². The second-order valence-electron chi connectivity index (χ2n) is 5.13. The molecule has 1 heterocycles. The van der Waals surface area contributed by atoms with Crippen molar-refractivity contribution in [3.63, 3.8) is 0 Å². The predicted octanol–water partition coefficient (Wildman–Crippen LogP) is 3.84. The fourth-order valence-corrected chi connectivity index (χ4v) is 3.22. The van der Waals surface area contributed by atoms with Gasteiger partial charge in [0.1, 0.15) is 0 Å². The second kappa shape index (κ2) is 8.17. The summed E-state index contributed by atoms with van der Waals surface area (Å²) < 4.78 is 26.2. The Morgan fingerprint density at radius 3 is 2.52 bits per heavy atom. The molecule has 2 aromatic rings. The van der Waals surface area contributed by atoms with E-state index in [1.165, 1.54) is 6.07 Å². The SMILES string of the molecule is CCN(CC)[C@H](CNC(=O)c1ccc(F)c(F)c1)c1ccsc1. The van der Waals surface area contributed by atoms with Crippen LogP contribution in [0, 0.1) is 11.6 Å². The maximum absolute atomic E-state index is 13.2. The van der Waals surface area contributed by atoms with Crippen molar-refractivity contribution in [1.82, 2.24) is 10.2 Å². The summed E-state index contributed by atoms with van der Waals surface area (Å²) in [6.45, 7) is 6.27. The van der Waals surface area contributed by atoms with Crippen molar-refractivity contribution >= 4 is 17.2 Å². The first-order chi connectivity index (χ1) is 11.1. The fraction of sp³-hybridized carbons (Fsp3) is 0.353. The molecule has 0 fully saturated rings. The average Bonchev–Trinajstić information content (AvgIpc) is 3.07. The zero-order chi connectivity index (χ0) is 16.8. The summed E-state index contributed by atoms with van der Waals surface area (Å²) in [4.78, 5) is 14.4. The number of hydrogen-bond acceptors (Lipinski definition) is 3. The van der Waals surface area contributed by atoms with Crippen molar-refractivity contribution in [3.05, 3.63) is 57.8 Å². The molecule has 0 spiro atoms.